The van der Waals surface area contributed by atoms with Crippen molar-refractivity contribution in [1.29, 1.82) is 0 Å². The molecule has 0 radical (unpaired) electrons. The maximum absolute atomic E-state index is 12.6. The number of nitrogens with two attached hydrogens (primary N) is 2. The van der Waals surface area contributed by atoms with Crippen molar-refractivity contribution in [3.8, 4) is 0 Å². The molecule has 0 aliphatic rings. The summed E-state index contributed by atoms with van der Waals surface area (Å²) in [6, 6.07) is -4.95. The van der Waals surface area contributed by atoms with Crippen LogP contribution in [0.1, 0.15) is 46.0 Å². The first kappa shape index (κ1) is 30.1. The average Bonchev–Trinajstić information content (AvgIpc) is 2.71. The van der Waals surface area contributed by atoms with Crippen LogP contribution in [0.4, 0.5) is 0 Å². The van der Waals surface area contributed by atoms with E-state index in [0.717, 1.165) is 0 Å². The van der Waals surface area contributed by atoms with Gasteiger partial charge >= 0.3 is 11.9 Å². The summed E-state index contributed by atoms with van der Waals surface area (Å²) in [5, 5.41) is 25.2. The molecule has 188 valence electrons. The average molecular weight is 492 g/mol. The minimum atomic E-state index is -1.37. The molecule has 4 atom stereocenters. The number of thiol groups is 1. The highest BCUT2D eigenvalue weighted by Gasteiger charge is 2.30. The Morgan fingerprint density at radius 1 is 0.818 bits per heavy atom. The number of carbonyl (C=O) groups excluding carboxylic acids is 4. The van der Waals surface area contributed by atoms with Crippen LogP contribution >= 0.6 is 12.6 Å². The van der Waals surface area contributed by atoms with Gasteiger partial charge in [-0.25, -0.2) is 4.79 Å². The lowest BCUT2D eigenvalue weighted by atomic mass is 10.0. The number of aliphatic carboxylic acids is 2. The fraction of sp³-hybridized carbons (Fsp3) is 0.684. The minimum absolute atomic E-state index is 0.0435. The summed E-state index contributed by atoms with van der Waals surface area (Å²) in [7, 11) is 0. The van der Waals surface area contributed by atoms with E-state index in [4.69, 9.17) is 16.6 Å². The molecule has 0 aliphatic carbocycles. The van der Waals surface area contributed by atoms with E-state index in [-0.39, 0.29) is 37.4 Å². The van der Waals surface area contributed by atoms with Crippen molar-refractivity contribution < 1.29 is 39.0 Å². The number of carboxylic acids is 2. The predicted octanol–water partition coefficient (Wildman–Crippen LogP) is -2.04. The molecule has 0 rings (SSSR count). The molecule has 0 heterocycles. The predicted molar refractivity (Wildman–Crippen MR) is 120 cm³/mol. The van der Waals surface area contributed by atoms with Gasteiger partial charge in [-0.1, -0.05) is 13.8 Å². The van der Waals surface area contributed by atoms with Gasteiger partial charge in [-0.3, -0.25) is 24.0 Å². The number of amides is 4. The molecule has 0 aromatic carbocycles. The number of hydrogen-bond acceptors (Lipinski definition) is 8. The molecule has 4 amide bonds. The van der Waals surface area contributed by atoms with E-state index in [1.54, 1.807) is 13.8 Å². The first-order chi connectivity index (χ1) is 15.3. The smallest absolute Gasteiger partial charge is 0.326 e. The van der Waals surface area contributed by atoms with Gasteiger partial charge in [0.2, 0.25) is 23.6 Å². The lowest BCUT2D eigenvalue weighted by Gasteiger charge is -2.24. The van der Waals surface area contributed by atoms with E-state index in [1.807, 2.05) is 0 Å². The zero-order chi connectivity index (χ0) is 25.7. The van der Waals surface area contributed by atoms with Crippen molar-refractivity contribution in [2.24, 2.45) is 17.4 Å². The van der Waals surface area contributed by atoms with Gasteiger partial charge in [0.05, 0.1) is 6.04 Å². The molecule has 0 saturated carbocycles. The number of nitrogens with one attached hydrogen (secondary N) is 3. The number of carboxylic acid groups (broad SMARTS) is 2. The van der Waals surface area contributed by atoms with Gasteiger partial charge in [0.25, 0.3) is 0 Å². The Morgan fingerprint density at radius 3 is 1.79 bits per heavy atom. The largest absolute Gasteiger partial charge is 0.481 e. The van der Waals surface area contributed by atoms with Crippen LogP contribution in [0.2, 0.25) is 0 Å². The molecule has 13 nitrogen and oxygen atoms in total. The number of rotatable bonds is 16. The molecule has 0 bridgehead atoms. The Balaban J connectivity index is 5.30. The number of carbonyl (C=O) groups is 6. The first-order valence-electron chi connectivity index (χ1n) is 10.3. The summed E-state index contributed by atoms with van der Waals surface area (Å²) < 4.78 is 0. The Labute approximate surface area is 196 Å². The number of primary amides is 1. The van der Waals surface area contributed by atoms with Gasteiger partial charge in [0.15, 0.2) is 0 Å². The lowest BCUT2D eigenvalue weighted by Crippen LogP contribution is -2.57. The second kappa shape index (κ2) is 15.1. The van der Waals surface area contributed by atoms with Crippen LogP contribution in [0, 0.1) is 5.92 Å². The van der Waals surface area contributed by atoms with E-state index in [9.17, 15) is 33.9 Å². The molecule has 0 fully saturated rings. The Bertz CT molecular complexity index is 733. The fourth-order valence-corrected chi connectivity index (χ4v) is 2.93. The Kier molecular flexibility index (Phi) is 13.7. The molecule has 0 aliphatic heterocycles. The van der Waals surface area contributed by atoms with Crippen molar-refractivity contribution in [1.82, 2.24) is 16.0 Å². The van der Waals surface area contributed by atoms with Gasteiger partial charge in [-0.05, 0) is 25.2 Å². The van der Waals surface area contributed by atoms with Crippen LogP contribution in [0.15, 0.2) is 0 Å². The van der Waals surface area contributed by atoms with E-state index < -0.39 is 66.2 Å². The van der Waals surface area contributed by atoms with Crippen LogP contribution in [-0.2, 0) is 28.8 Å². The summed E-state index contributed by atoms with van der Waals surface area (Å²) in [6.45, 7) is 3.53. The summed E-state index contributed by atoms with van der Waals surface area (Å²) in [5.74, 6) is -5.85. The standard InChI is InChI=1S/C19H33N5O8S/c1-9(2)7-12(19(31)32)23-17(29)11(4-6-15(26)27)22-18(30)13(8-33)24-16(28)10(20)3-5-14(21)25/h9-13,33H,3-8,20H2,1-2H3,(H2,21,25)(H,22,30)(H,23,29)(H,24,28)(H,26,27)(H,31,32). The summed E-state index contributed by atoms with van der Waals surface area (Å²) in [5.41, 5.74) is 10.7. The molecule has 4 unspecified atom stereocenters. The molecule has 9 N–H and O–H groups in total. The molecule has 0 aromatic rings. The van der Waals surface area contributed by atoms with Crippen LogP contribution in [-0.4, -0.2) is 75.7 Å². The third kappa shape index (κ3) is 12.7. The highest BCUT2D eigenvalue weighted by atomic mass is 32.1. The molecular weight excluding hydrogens is 458 g/mol. The summed E-state index contributed by atoms with van der Waals surface area (Å²) >= 11 is 4.00. The second-order valence-corrected chi connectivity index (χ2v) is 8.24. The van der Waals surface area contributed by atoms with Crippen molar-refractivity contribution in [2.45, 2.75) is 70.1 Å². The van der Waals surface area contributed by atoms with E-state index in [0.29, 0.717) is 0 Å². The van der Waals surface area contributed by atoms with Gasteiger partial charge in [0, 0.05) is 18.6 Å². The molecule has 0 saturated heterocycles. The summed E-state index contributed by atoms with van der Waals surface area (Å²) in [4.78, 5) is 70.6. The zero-order valence-corrected chi connectivity index (χ0v) is 19.5. The number of hydrogen-bond donors (Lipinski definition) is 8. The molecular formula is C19H33N5O8S. The quantitative estimate of drug-likeness (QED) is 0.111. The normalized spacial score (nSPS) is 14.5. The van der Waals surface area contributed by atoms with E-state index in [1.165, 1.54) is 0 Å². The lowest BCUT2D eigenvalue weighted by molar-refractivity contribution is -0.143. The van der Waals surface area contributed by atoms with Crippen LogP contribution < -0.4 is 27.4 Å². The topological polar surface area (TPSA) is 231 Å². The maximum atomic E-state index is 12.6. The molecule has 0 spiro atoms. The highest BCUT2D eigenvalue weighted by Crippen LogP contribution is 2.07. The van der Waals surface area contributed by atoms with Crippen molar-refractivity contribution >= 4 is 48.2 Å². The van der Waals surface area contributed by atoms with E-state index >= 15 is 0 Å². The van der Waals surface area contributed by atoms with Crippen LogP contribution in [0.5, 0.6) is 0 Å². The molecule has 0 aromatic heterocycles. The molecule has 14 heteroatoms. The second-order valence-electron chi connectivity index (χ2n) is 7.88. The maximum Gasteiger partial charge on any atom is 0.326 e. The van der Waals surface area contributed by atoms with Crippen molar-refractivity contribution in [2.75, 3.05) is 5.75 Å². The van der Waals surface area contributed by atoms with Crippen LogP contribution in [0.3, 0.4) is 0 Å². The third-order valence-corrected chi connectivity index (χ3v) is 4.82. The van der Waals surface area contributed by atoms with Gasteiger partial charge in [-0.15, -0.1) is 0 Å². The van der Waals surface area contributed by atoms with Gasteiger partial charge < -0.3 is 37.6 Å². The minimum Gasteiger partial charge on any atom is -0.481 e. The Morgan fingerprint density at radius 2 is 1.33 bits per heavy atom. The zero-order valence-electron chi connectivity index (χ0n) is 18.6. The van der Waals surface area contributed by atoms with Crippen LogP contribution in [0.25, 0.3) is 0 Å². The monoisotopic (exact) mass is 491 g/mol. The van der Waals surface area contributed by atoms with Crippen molar-refractivity contribution in [3.63, 3.8) is 0 Å². The highest BCUT2D eigenvalue weighted by molar-refractivity contribution is 7.80. The fourth-order valence-electron chi connectivity index (χ4n) is 2.68. The van der Waals surface area contributed by atoms with Crippen molar-refractivity contribution in [3.05, 3.63) is 0 Å². The van der Waals surface area contributed by atoms with Gasteiger partial charge in [-0.2, -0.15) is 12.6 Å². The first-order valence-corrected chi connectivity index (χ1v) is 10.9. The summed E-state index contributed by atoms with van der Waals surface area (Å²) in [6.07, 6.45) is -0.843. The van der Waals surface area contributed by atoms with Gasteiger partial charge in [0.1, 0.15) is 18.1 Å². The van der Waals surface area contributed by atoms with E-state index in [2.05, 4.69) is 28.6 Å². The third-order valence-electron chi connectivity index (χ3n) is 4.46. The SMILES string of the molecule is CC(C)CC(NC(=O)C(CCC(=O)O)NC(=O)C(CS)NC(=O)C(N)CCC(N)=O)C(=O)O. The Hall–Kier alpha value is -2.87. The molecule has 33 heavy (non-hydrogen) atoms.